The van der Waals surface area contributed by atoms with Gasteiger partial charge in [0.15, 0.2) is 11.5 Å². The van der Waals surface area contributed by atoms with Gasteiger partial charge in [-0.15, -0.1) is 0 Å². The lowest BCUT2D eigenvalue weighted by Gasteiger charge is -2.65. The first kappa shape index (κ1) is 20.3. The highest BCUT2D eigenvalue weighted by molar-refractivity contribution is 5.62. The summed E-state index contributed by atoms with van der Waals surface area (Å²) in [6.07, 6.45) is 8.32. The number of methoxy groups -OCH3 is 1. The maximum absolute atomic E-state index is 12.6. The third-order valence-electron chi connectivity index (χ3n) is 9.47. The van der Waals surface area contributed by atoms with Gasteiger partial charge in [-0.25, -0.2) is 0 Å². The summed E-state index contributed by atoms with van der Waals surface area (Å²) in [4.78, 5) is 0. The fourth-order valence-corrected chi connectivity index (χ4v) is 7.78. The number of ether oxygens (including phenoxy) is 3. The van der Waals surface area contributed by atoms with E-state index in [-0.39, 0.29) is 23.7 Å². The van der Waals surface area contributed by atoms with Crippen molar-refractivity contribution in [1.82, 2.24) is 0 Å². The SMILES string of the molecule is CCCCOc1ccc2c3c1O[C@H]1[C@@H](OC)CC[C@@]4(O)[C@@H](C2)[N+](C)(CC2CC2)CC[C@]314. The Morgan fingerprint density at radius 3 is 2.81 bits per heavy atom. The van der Waals surface area contributed by atoms with E-state index >= 15 is 0 Å². The minimum absolute atomic E-state index is 0.0167. The van der Waals surface area contributed by atoms with Crippen LogP contribution in [0.2, 0.25) is 0 Å². The maximum atomic E-state index is 12.6. The van der Waals surface area contributed by atoms with Gasteiger partial charge in [0.25, 0.3) is 0 Å². The van der Waals surface area contributed by atoms with Crippen LogP contribution in [0, 0.1) is 5.92 Å². The Balaban J connectivity index is 1.49. The number of hydrogen-bond donors (Lipinski definition) is 1. The molecule has 1 unspecified atom stereocenters. The van der Waals surface area contributed by atoms with Crippen LogP contribution in [0.1, 0.15) is 63.0 Å². The largest absolute Gasteiger partial charge is 0.490 e. The lowest BCUT2D eigenvalue weighted by atomic mass is 9.48. The third kappa shape index (κ3) is 2.60. The Bertz CT molecular complexity index is 884. The topological polar surface area (TPSA) is 47.9 Å². The molecule has 1 aromatic carbocycles. The fourth-order valence-electron chi connectivity index (χ4n) is 7.78. The quantitative estimate of drug-likeness (QED) is 0.533. The number of unbranched alkanes of at least 4 members (excludes halogenated alkanes) is 1. The number of likely N-dealkylation sites (tertiary alicyclic amines) is 1. The van der Waals surface area contributed by atoms with Crippen LogP contribution < -0.4 is 9.47 Å². The van der Waals surface area contributed by atoms with Gasteiger partial charge >= 0.3 is 0 Å². The van der Waals surface area contributed by atoms with Gasteiger partial charge in [-0.1, -0.05) is 19.4 Å². The molecule has 170 valence electrons. The third-order valence-corrected chi connectivity index (χ3v) is 9.47. The number of likely N-dealkylation sites (N-methyl/N-ethyl adjacent to an activating group) is 1. The van der Waals surface area contributed by atoms with Crippen LogP contribution in [-0.2, 0) is 16.6 Å². The van der Waals surface area contributed by atoms with Crippen molar-refractivity contribution in [2.24, 2.45) is 5.92 Å². The summed E-state index contributed by atoms with van der Waals surface area (Å²) in [5.74, 6) is 2.60. The number of piperidine rings is 1. The summed E-state index contributed by atoms with van der Waals surface area (Å²) < 4.78 is 19.9. The smallest absolute Gasteiger partial charge is 0.166 e. The second kappa shape index (κ2) is 6.85. The Labute approximate surface area is 186 Å². The lowest BCUT2D eigenvalue weighted by Crippen LogP contribution is -2.81. The minimum Gasteiger partial charge on any atom is -0.490 e. The van der Waals surface area contributed by atoms with Gasteiger partial charge in [0, 0.05) is 31.4 Å². The van der Waals surface area contributed by atoms with Gasteiger partial charge in [0.2, 0.25) is 0 Å². The van der Waals surface area contributed by atoms with Crippen molar-refractivity contribution in [3.05, 3.63) is 23.3 Å². The first-order valence-corrected chi connectivity index (χ1v) is 12.5. The normalized spacial score (nSPS) is 42.1. The Morgan fingerprint density at radius 1 is 1.23 bits per heavy atom. The molecular formula is C26H38NO4+. The molecule has 5 nitrogen and oxygen atoms in total. The summed E-state index contributed by atoms with van der Waals surface area (Å²) in [7, 11) is 4.21. The van der Waals surface area contributed by atoms with E-state index in [1.807, 2.05) is 0 Å². The minimum atomic E-state index is -0.741. The van der Waals surface area contributed by atoms with Crippen LogP contribution in [-0.4, -0.2) is 67.3 Å². The van der Waals surface area contributed by atoms with Crippen LogP contribution in [0.15, 0.2) is 12.1 Å². The monoisotopic (exact) mass is 428 g/mol. The average Bonchev–Trinajstić information content (AvgIpc) is 3.48. The predicted molar refractivity (Wildman–Crippen MR) is 119 cm³/mol. The molecule has 31 heavy (non-hydrogen) atoms. The Kier molecular flexibility index (Phi) is 4.49. The van der Waals surface area contributed by atoms with Crippen LogP contribution >= 0.6 is 0 Å². The number of hydrogen-bond acceptors (Lipinski definition) is 4. The molecule has 6 rings (SSSR count). The molecule has 6 atom stereocenters. The number of benzene rings is 1. The van der Waals surface area contributed by atoms with Gasteiger partial charge in [0.05, 0.1) is 38.3 Å². The van der Waals surface area contributed by atoms with E-state index in [4.69, 9.17) is 14.2 Å². The molecule has 2 saturated carbocycles. The molecule has 2 aliphatic heterocycles. The second-order valence-corrected chi connectivity index (χ2v) is 11.2. The molecule has 2 bridgehead atoms. The summed E-state index contributed by atoms with van der Waals surface area (Å²) >= 11 is 0. The number of rotatable bonds is 7. The second-order valence-electron chi connectivity index (χ2n) is 11.2. The molecule has 0 amide bonds. The van der Waals surface area contributed by atoms with E-state index < -0.39 is 5.60 Å². The van der Waals surface area contributed by atoms with Crippen molar-refractivity contribution >= 4 is 0 Å². The zero-order valence-corrected chi connectivity index (χ0v) is 19.4. The fraction of sp³-hybridized carbons (Fsp3) is 0.769. The van der Waals surface area contributed by atoms with E-state index in [1.54, 1.807) is 7.11 Å². The van der Waals surface area contributed by atoms with E-state index in [0.717, 1.165) is 67.0 Å². The number of nitrogens with zero attached hydrogens (tertiary/aromatic N) is 1. The van der Waals surface area contributed by atoms with E-state index in [1.165, 1.54) is 30.5 Å². The van der Waals surface area contributed by atoms with Gasteiger partial charge in [0.1, 0.15) is 17.7 Å². The van der Waals surface area contributed by atoms with Gasteiger partial charge < -0.3 is 23.8 Å². The first-order valence-electron chi connectivity index (χ1n) is 12.5. The Hall–Kier alpha value is -1.30. The molecule has 3 fully saturated rings. The van der Waals surface area contributed by atoms with Crippen LogP contribution in [0.5, 0.6) is 11.5 Å². The Morgan fingerprint density at radius 2 is 2.06 bits per heavy atom. The molecule has 3 aliphatic carbocycles. The average molecular weight is 429 g/mol. The van der Waals surface area contributed by atoms with Crippen molar-refractivity contribution in [2.45, 2.75) is 87.6 Å². The van der Waals surface area contributed by atoms with Gasteiger partial charge in [-0.3, -0.25) is 0 Å². The summed E-state index contributed by atoms with van der Waals surface area (Å²) in [6.45, 7) is 5.21. The molecule has 1 spiro atoms. The van der Waals surface area contributed by atoms with Gasteiger partial charge in [-0.2, -0.15) is 0 Å². The molecule has 5 heteroatoms. The van der Waals surface area contributed by atoms with Crippen LogP contribution in [0.25, 0.3) is 0 Å². The molecule has 5 aliphatic rings. The zero-order chi connectivity index (χ0) is 21.4. The standard InChI is InChI=1S/C26H38NO4/c1-4-5-14-30-19-9-8-18-15-21-26(28)11-10-20(29-3)24-25(26,22(18)23(19)31-24)12-13-27(21,2)16-17-6-7-17/h8-9,17,20-21,24,28H,4-7,10-16H2,1-3H3/q+1/t20-,21+,24-,25-,26+,27?/m0/s1. The highest BCUT2D eigenvalue weighted by Gasteiger charge is 2.76. The summed E-state index contributed by atoms with van der Waals surface area (Å²) in [5.41, 5.74) is 1.51. The summed E-state index contributed by atoms with van der Waals surface area (Å²) in [6, 6.07) is 4.62. The van der Waals surface area contributed by atoms with E-state index in [2.05, 4.69) is 26.1 Å². The van der Waals surface area contributed by atoms with Crippen molar-refractivity contribution in [3.63, 3.8) is 0 Å². The van der Waals surface area contributed by atoms with E-state index in [9.17, 15) is 5.11 Å². The van der Waals surface area contributed by atoms with Crippen molar-refractivity contribution in [1.29, 1.82) is 0 Å². The molecule has 1 saturated heterocycles. The lowest BCUT2D eigenvalue weighted by molar-refractivity contribution is -0.950. The molecule has 1 N–H and O–H groups in total. The number of quaternary nitrogens is 1. The molecule has 0 radical (unpaired) electrons. The first-order chi connectivity index (χ1) is 15.0. The number of aliphatic hydroxyl groups is 1. The van der Waals surface area contributed by atoms with E-state index in [0.29, 0.717) is 6.61 Å². The molecule has 2 heterocycles. The van der Waals surface area contributed by atoms with Gasteiger partial charge in [-0.05, 0) is 43.7 Å². The highest BCUT2D eigenvalue weighted by Crippen LogP contribution is 2.66. The van der Waals surface area contributed by atoms with Crippen LogP contribution in [0.4, 0.5) is 0 Å². The maximum Gasteiger partial charge on any atom is 0.166 e. The van der Waals surface area contributed by atoms with Crippen molar-refractivity contribution in [3.8, 4) is 11.5 Å². The zero-order valence-electron chi connectivity index (χ0n) is 19.4. The molecular weight excluding hydrogens is 390 g/mol. The highest BCUT2D eigenvalue weighted by atomic mass is 16.6. The summed E-state index contributed by atoms with van der Waals surface area (Å²) in [5, 5.41) is 12.6. The molecule has 0 aromatic heterocycles. The van der Waals surface area contributed by atoms with Crippen LogP contribution in [0.3, 0.4) is 0 Å². The van der Waals surface area contributed by atoms with Crippen molar-refractivity contribution in [2.75, 3.05) is 33.9 Å². The molecule has 1 aromatic rings. The predicted octanol–water partition coefficient (Wildman–Crippen LogP) is 3.59. The van der Waals surface area contributed by atoms with Crippen molar-refractivity contribution < 1.29 is 23.8 Å².